The molecule has 3 nitrogen and oxygen atoms in total. The van der Waals surface area contributed by atoms with Crippen LogP contribution in [0.3, 0.4) is 0 Å². The first kappa shape index (κ1) is 7.56. The molecule has 0 aliphatic carbocycles. The van der Waals surface area contributed by atoms with Crippen LogP contribution in [0.4, 0.5) is 4.79 Å². The largest absolute Gasteiger partial charge is 0.417 e. The smallest absolute Gasteiger partial charge is 0.378 e. The fraction of sp³-hybridized carbons (Fsp3) is 0.250. The summed E-state index contributed by atoms with van der Waals surface area (Å²) in [7, 11) is 0. The van der Waals surface area contributed by atoms with Crippen molar-refractivity contribution in [3.05, 3.63) is 0 Å². The molecule has 0 aromatic heterocycles. The maximum absolute atomic E-state index is 10.1. The van der Waals surface area contributed by atoms with Crippen LogP contribution in [-0.2, 0) is 3.07 Å². The van der Waals surface area contributed by atoms with Gasteiger partial charge in [-0.15, -0.1) is 6.42 Å². The van der Waals surface area contributed by atoms with Crippen LogP contribution in [0.15, 0.2) is 0 Å². The monoisotopic (exact) mass is 225 g/mol. The minimum Gasteiger partial charge on any atom is -0.378 e. The molecule has 0 heterocycles. The minimum atomic E-state index is -0.511. The zero-order chi connectivity index (χ0) is 6.41. The lowest BCUT2D eigenvalue weighted by Gasteiger charge is -1.92. The van der Waals surface area contributed by atoms with E-state index < -0.39 is 6.09 Å². The molecule has 1 amide bonds. The highest BCUT2D eigenvalue weighted by Crippen LogP contribution is 1.83. The molecule has 8 heavy (non-hydrogen) atoms. The molecule has 0 aromatic rings. The van der Waals surface area contributed by atoms with Crippen molar-refractivity contribution in [1.29, 1.82) is 0 Å². The Morgan fingerprint density at radius 3 is 3.00 bits per heavy atom. The fourth-order valence-electron chi connectivity index (χ4n) is 0.150. The predicted octanol–water partition coefficient (Wildman–Crippen LogP) is 0.696. The van der Waals surface area contributed by atoms with E-state index in [0.717, 1.165) is 0 Å². The molecule has 0 unspecified atom stereocenters. The average Bonchev–Trinajstić information content (AvgIpc) is 1.83. The molecule has 4 heteroatoms. The number of terminal acetylenes is 1. The quantitative estimate of drug-likeness (QED) is 0.526. The predicted molar refractivity (Wildman–Crippen MR) is 37.3 cm³/mol. The number of hydrogen-bond donors (Lipinski definition) is 1. The van der Waals surface area contributed by atoms with Crippen LogP contribution in [0.5, 0.6) is 0 Å². The Kier molecular flexibility index (Phi) is 4.45. The van der Waals surface area contributed by atoms with Crippen LogP contribution < -0.4 is 5.32 Å². The summed E-state index contributed by atoms with van der Waals surface area (Å²) in [5.41, 5.74) is 0. The molecule has 0 aliphatic heterocycles. The number of nitrogens with one attached hydrogen (secondary N) is 1. The van der Waals surface area contributed by atoms with Gasteiger partial charge in [0, 0.05) is 0 Å². The van der Waals surface area contributed by atoms with Crippen molar-refractivity contribution in [3.8, 4) is 12.3 Å². The lowest BCUT2D eigenvalue weighted by molar-refractivity contribution is 0.216. The van der Waals surface area contributed by atoms with E-state index in [1.807, 2.05) is 0 Å². The van der Waals surface area contributed by atoms with Crippen molar-refractivity contribution in [3.63, 3.8) is 0 Å². The highest BCUT2D eigenvalue weighted by molar-refractivity contribution is 14.1. The van der Waals surface area contributed by atoms with Crippen molar-refractivity contribution in [1.82, 2.24) is 5.32 Å². The van der Waals surface area contributed by atoms with E-state index in [1.165, 1.54) is 23.0 Å². The molecule has 1 N–H and O–H groups in total. The summed E-state index contributed by atoms with van der Waals surface area (Å²) >= 11 is 1.47. The Balaban J connectivity index is 3.15. The molecule has 0 aliphatic rings. The maximum Gasteiger partial charge on any atom is 0.417 e. The maximum atomic E-state index is 10.1. The normalized spacial score (nSPS) is 7.00. The molecule has 0 aromatic carbocycles. The Bertz CT molecular complexity index is 118. The van der Waals surface area contributed by atoms with E-state index in [4.69, 9.17) is 6.42 Å². The first-order valence-electron chi connectivity index (χ1n) is 1.81. The standard InChI is InChI=1S/C4H4INO2/c1-2-3-6-4(7)8-5/h1H,3H2,(H,6,7). The molecule has 0 fully saturated rings. The van der Waals surface area contributed by atoms with Gasteiger partial charge >= 0.3 is 6.09 Å². The van der Waals surface area contributed by atoms with Gasteiger partial charge in [-0.3, -0.25) is 0 Å². The highest BCUT2D eigenvalue weighted by atomic mass is 127. The van der Waals surface area contributed by atoms with E-state index in [2.05, 4.69) is 14.3 Å². The zero-order valence-electron chi connectivity index (χ0n) is 3.98. The van der Waals surface area contributed by atoms with Gasteiger partial charge in [0.1, 0.15) is 0 Å². The van der Waals surface area contributed by atoms with Gasteiger partial charge in [-0.25, -0.2) is 4.79 Å². The number of amides is 1. The molecule has 0 bridgehead atoms. The Morgan fingerprint density at radius 2 is 2.62 bits per heavy atom. The summed E-state index contributed by atoms with van der Waals surface area (Å²) in [6, 6.07) is 0. The number of carbonyl (C=O) groups is 1. The molecule has 44 valence electrons. The van der Waals surface area contributed by atoms with Gasteiger partial charge < -0.3 is 8.38 Å². The Morgan fingerprint density at radius 1 is 2.00 bits per heavy atom. The fourth-order valence-corrected chi connectivity index (χ4v) is 0.306. The van der Waals surface area contributed by atoms with Crippen LogP contribution in [0.1, 0.15) is 0 Å². The van der Waals surface area contributed by atoms with Gasteiger partial charge in [0.2, 0.25) is 0 Å². The lowest BCUT2D eigenvalue weighted by atomic mass is 10.7. The van der Waals surface area contributed by atoms with Crippen molar-refractivity contribution >= 4 is 29.1 Å². The SMILES string of the molecule is C#CCNC(=O)OI. The van der Waals surface area contributed by atoms with Crippen molar-refractivity contribution in [2.24, 2.45) is 0 Å². The van der Waals surface area contributed by atoms with Crippen molar-refractivity contribution in [2.45, 2.75) is 0 Å². The third kappa shape index (κ3) is 3.74. The molecular weight excluding hydrogens is 221 g/mol. The van der Waals surface area contributed by atoms with Gasteiger partial charge in [0.05, 0.1) is 6.54 Å². The third-order valence-electron chi connectivity index (χ3n) is 0.405. The summed E-state index contributed by atoms with van der Waals surface area (Å²) in [5, 5.41) is 2.28. The number of rotatable bonds is 1. The summed E-state index contributed by atoms with van der Waals surface area (Å²) in [6.45, 7) is 0.210. The van der Waals surface area contributed by atoms with E-state index in [-0.39, 0.29) is 6.54 Å². The van der Waals surface area contributed by atoms with Crippen LogP contribution in [0.2, 0.25) is 0 Å². The van der Waals surface area contributed by atoms with Gasteiger partial charge in [-0.1, -0.05) is 5.92 Å². The molecule has 0 radical (unpaired) electrons. The van der Waals surface area contributed by atoms with E-state index >= 15 is 0 Å². The van der Waals surface area contributed by atoms with Gasteiger partial charge in [-0.05, 0) is 0 Å². The number of halogens is 1. The van der Waals surface area contributed by atoms with E-state index in [1.54, 1.807) is 0 Å². The van der Waals surface area contributed by atoms with Crippen LogP contribution in [0.25, 0.3) is 0 Å². The van der Waals surface area contributed by atoms with E-state index in [9.17, 15) is 4.79 Å². The lowest BCUT2D eigenvalue weighted by Crippen LogP contribution is -2.21. The molecule has 0 saturated carbocycles. The van der Waals surface area contributed by atoms with Gasteiger partial charge in [0.15, 0.2) is 23.0 Å². The first-order chi connectivity index (χ1) is 3.81. The average molecular weight is 225 g/mol. The Labute approximate surface area is 61.5 Å². The minimum absolute atomic E-state index is 0.210. The molecule has 0 atom stereocenters. The van der Waals surface area contributed by atoms with Crippen molar-refractivity contribution in [2.75, 3.05) is 6.54 Å². The zero-order valence-corrected chi connectivity index (χ0v) is 6.14. The summed E-state index contributed by atoms with van der Waals surface area (Å²) < 4.78 is 4.18. The third-order valence-corrected chi connectivity index (χ3v) is 0.805. The Hall–Kier alpha value is -0.440. The molecule has 0 saturated heterocycles. The van der Waals surface area contributed by atoms with Crippen LogP contribution in [-0.4, -0.2) is 12.6 Å². The molecular formula is C4H4INO2. The topological polar surface area (TPSA) is 38.3 Å². The van der Waals surface area contributed by atoms with Crippen LogP contribution in [0, 0.1) is 12.3 Å². The number of carbonyl (C=O) groups excluding carboxylic acids is 1. The molecule has 0 rings (SSSR count). The second kappa shape index (κ2) is 4.71. The second-order valence-corrected chi connectivity index (χ2v) is 1.36. The summed E-state index contributed by atoms with van der Waals surface area (Å²) in [5.74, 6) is 2.22. The first-order valence-corrected chi connectivity index (χ1v) is 2.69. The van der Waals surface area contributed by atoms with Gasteiger partial charge in [0.25, 0.3) is 0 Å². The van der Waals surface area contributed by atoms with E-state index in [0.29, 0.717) is 0 Å². The van der Waals surface area contributed by atoms with Gasteiger partial charge in [-0.2, -0.15) is 0 Å². The molecule has 0 spiro atoms. The summed E-state index contributed by atoms with van der Waals surface area (Å²) in [4.78, 5) is 10.1. The second-order valence-electron chi connectivity index (χ2n) is 0.922. The summed E-state index contributed by atoms with van der Waals surface area (Å²) in [6.07, 6.45) is 4.30. The van der Waals surface area contributed by atoms with Crippen LogP contribution >= 0.6 is 23.0 Å². The highest BCUT2D eigenvalue weighted by Gasteiger charge is 1.92. The van der Waals surface area contributed by atoms with Crippen molar-refractivity contribution < 1.29 is 7.86 Å². The number of hydrogen-bond acceptors (Lipinski definition) is 2.